The zero-order valence-corrected chi connectivity index (χ0v) is 12.4. The Labute approximate surface area is 115 Å². The first-order valence-electron chi connectivity index (χ1n) is 5.61. The summed E-state index contributed by atoms with van der Waals surface area (Å²) in [6.45, 7) is 7.19. The SMILES string of the molecule is CCN(CC)C(=O)C(C)Nc1ncc(I)cn1. The smallest absolute Gasteiger partial charge is 0.244 e. The molecule has 6 heteroatoms. The van der Waals surface area contributed by atoms with Crippen LogP contribution in [0.3, 0.4) is 0 Å². The molecule has 1 aromatic rings. The Morgan fingerprint density at radius 1 is 1.41 bits per heavy atom. The van der Waals surface area contributed by atoms with Crippen molar-refractivity contribution in [3.05, 3.63) is 16.0 Å². The molecule has 0 aromatic carbocycles. The number of hydrogen-bond acceptors (Lipinski definition) is 4. The van der Waals surface area contributed by atoms with Gasteiger partial charge >= 0.3 is 0 Å². The molecule has 0 aliphatic rings. The number of halogens is 1. The molecule has 1 aromatic heterocycles. The van der Waals surface area contributed by atoms with Crippen LogP contribution in [0.15, 0.2) is 12.4 Å². The second kappa shape index (κ2) is 6.73. The standard InChI is InChI=1S/C11H17IN4O/c1-4-16(5-2)10(17)8(3)15-11-13-6-9(12)7-14-11/h6-8H,4-5H2,1-3H3,(H,13,14,15). The Kier molecular flexibility index (Phi) is 5.60. The van der Waals surface area contributed by atoms with Gasteiger partial charge in [-0.2, -0.15) is 0 Å². The zero-order valence-electron chi connectivity index (χ0n) is 10.3. The summed E-state index contributed by atoms with van der Waals surface area (Å²) in [5, 5.41) is 3.00. The first kappa shape index (κ1) is 14.1. The molecule has 94 valence electrons. The normalized spacial score (nSPS) is 12.0. The molecule has 1 N–H and O–H groups in total. The summed E-state index contributed by atoms with van der Waals surface area (Å²) in [6, 6.07) is -0.310. The van der Waals surface area contributed by atoms with Gasteiger partial charge in [-0.25, -0.2) is 9.97 Å². The highest BCUT2D eigenvalue weighted by Gasteiger charge is 2.18. The molecular formula is C11H17IN4O. The first-order chi connectivity index (χ1) is 8.08. The van der Waals surface area contributed by atoms with Crippen molar-refractivity contribution in [1.29, 1.82) is 0 Å². The summed E-state index contributed by atoms with van der Waals surface area (Å²) in [5.41, 5.74) is 0. The van der Waals surface area contributed by atoms with E-state index < -0.39 is 0 Å². The van der Waals surface area contributed by atoms with Crippen molar-refractivity contribution < 1.29 is 4.79 Å². The van der Waals surface area contributed by atoms with Crippen molar-refractivity contribution in [1.82, 2.24) is 14.9 Å². The van der Waals surface area contributed by atoms with E-state index in [0.717, 1.165) is 16.7 Å². The topological polar surface area (TPSA) is 58.1 Å². The highest BCUT2D eigenvalue weighted by molar-refractivity contribution is 14.1. The van der Waals surface area contributed by atoms with Gasteiger partial charge in [0.15, 0.2) is 0 Å². The van der Waals surface area contributed by atoms with Gasteiger partial charge in [-0.1, -0.05) is 0 Å². The summed E-state index contributed by atoms with van der Waals surface area (Å²) in [4.78, 5) is 22.0. The Balaban J connectivity index is 2.62. The van der Waals surface area contributed by atoms with E-state index in [4.69, 9.17) is 0 Å². The van der Waals surface area contributed by atoms with Crippen LogP contribution in [0.1, 0.15) is 20.8 Å². The lowest BCUT2D eigenvalue weighted by Crippen LogP contribution is -2.41. The quantitative estimate of drug-likeness (QED) is 0.824. The lowest BCUT2D eigenvalue weighted by Gasteiger charge is -2.23. The van der Waals surface area contributed by atoms with Crippen molar-refractivity contribution in [3.8, 4) is 0 Å². The van der Waals surface area contributed by atoms with Crippen molar-refractivity contribution in [3.63, 3.8) is 0 Å². The lowest BCUT2D eigenvalue weighted by molar-refractivity contribution is -0.131. The highest BCUT2D eigenvalue weighted by atomic mass is 127. The molecular weight excluding hydrogens is 331 g/mol. The number of anilines is 1. The fourth-order valence-electron chi connectivity index (χ4n) is 1.45. The molecule has 0 aliphatic heterocycles. The molecule has 1 rings (SSSR count). The molecule has 1 heterocycles. The number of hydrogen-bond donors (Lipinski definition) is 1. The van der Waals surface area contributed by atoms with Crippen LogP contribution in [-0.2, 0) is 4.79 Å². The average molecular weight is 348 g/mol. The molecule has 1 unspecified atom stereocenters. The van der Waals surface area contributed by atoms with E-state index in [1.807, 2.05) is 20.8 Å². The number of aromatic nitrogens is 2. The fourth-order valence-corrected chi connectivity index (χ4v) is 1.73. The van der Waals surface area contributed by atoms with Gasteiger partial charge in [0.05, 0.1) is 0 Å². The third-order valence-electron chi connectivity index (χ3n) is 2.41. The number of rotatable bonds is 5. The molecule has 1 amide bonds. The Morgan fingerprint density at radius 2 is 1.94 bits per heavy atom. The molecule has 0 fully saturated rings. The minimum atomic E-state index is -0.310. The number of likely N-dealkylation sites (N-methyl/N-ethyl adjacent to an activating group) is 1. The minimum Gasteiger partial charge on any atom is -0.343 e. The average Bonchev–Trinajstić information content (AvgIpc) is 2.33. The second-order valence-corrected chi connectivity index (χ2v) is 4.85. The van der Waals surface area contributed by atoms with Crippen LogP contribution in [0.4, 0.5) is 5.95 Å². The Hall–Kier alpha value is -0.920. The number of carbonyl (C=O) groups is 1. The summed E-state index contributed by atoms with van der Waals surface area (Å²) in [6.07, 6.45) is 3.43. The van der Waals surface area contributed by atoms with Gasteiger partial charge < -0.3 is 10.2 Å². The third kappa shape index (κ3) is 4.10. The van der Waals surface area contributed by atoms with Crippen molar-refractivity contribution in [2.45, 2.75) is 26.8 Å². The van der Waals surface area contributed by atoms with E-state index in [1.54, 1.807) is 17.3 Å². The molecule has 0 aliphatic carbocycles. The second-order valence-electron chi connectivity index (χ2n) is 3.60. The van der Waals surface area contributed by atoms with Crippen LogP contribution in [0.25, 0.3) is 0 Å². The van der Waals surface area contributed by atoms with Gasteiger partial charge in [0.1, 0.15) is 6.04 Å². The summed E-state index contributed by atoms with van der Waals surface area (Å²) in [7, 11) is 0. The van der Waals surface area contributed by atoms with Crippen LogP contribution < -0.4 is 5.32 Å². The fraction of sp³-hybridized carbons (Fsp3) is 0.545. The van der Waals surface area contributed by atoms with Gasteiger partial charge in [-0.05, 0) is 43.4 Å². The van der Waals surface area contributed by atoms with Gasteiger partial charge in [-0.3, -0.25) is 4.79 Å². The molecule has 0 spiro atoms. The van der Waals surface area contributed by atoms with Crippen LogP contribution in [0.2, 0.25) is 0 Å². The van der Waals surface area contributed by atoms with Gasteiger partial charge in [0, 0.05) is 29.1 Å². The number of nitrogens with zero attached hydrogens (tertiary/aromatic N) is 3. The monoisotopic (exact) mass is 348 g/mol. The number of amides is 1. The van der Waals surface area contributed by atoms with E-state index in [1.165, 1.54) is 0 Å². The highest BCUT2D eigenvalue weighted by Crippen LogP contribution is 2.05. The maximum atomic E-state index is 12.0. The molecule has 1 atom stereocenters. The van der Waals surface area contributed by atoms with Crippen molar-refractivity contribution in [2.24, 2.45) is 0 Å². The summed E-state index contributed by atoms with van der Waals surface area (Å²) in [5.74, 6) is 0.551. The van der Waals surface area contributed by atoms with Gasteiger partial charge in [0.2, 0.25) is 11.9 Å². The first-order valence-corrected chi connectivity index (χ1v) is 6.69. The molecule has 17 heavy (non-hydrogen) atoms. The van der Waals surface area contributed by atoms with Crippen LogP contribution >= 0.6 is 22.6 Å². The zero-order chi connectivity index (χ0) is 12.8. The van der Waals surface area contributed by atoms with Crippen LogP contribution in [0, 0.1) is 3.57 Å². The van der Waals surface area contributed by atoms with Crippen LogP contribution in [0.5, 0.6) is 0 Å². The van der Waals surface area contributed by atoms with E-state index in [9.17, 15) is 4.79 Å². The molecule has 0 bridgehead atoms. The van der Waals surface area contributed by atoms with E-state index in [2.05, 4.69) is 37.9 Å². The molecule has 0 saturated heterocycles. The van der Waals surface area contributed by atoms with E-state index in [0.29, 0.717) is 5.95 Å². The Bertz CT molecular complexity index is 364. The van der Waals surface area contributed by atoms with Crippen LogP contribution in [-0.4, -0.2) is 39.9 Å². The molecule has 5 nitrogen and oxygen atoms in total. The lowest BCUT2D eigenvalue weighted by atomic mass is 10.3. The largest absolute Gasteiger partial charge is 0.343 e. The molecule has 0 saturated carbocycles. The predicted octanol–water partition coefficient (Wildman–Crippen LogP) is 1.75. The van der Waals surface area contributed by atoms with E-state index in [-0.39, 0.29) is 11.9 Å². The van der Waals surface area contributed by atoms with E-state index >= 15 is 0 Å². The van der Waals surface area contributed by atoms with Crippen molar-refractivity contribution in [2.75, 3.05) is 18.4 Å². The number of nitrogens with one attached hydrogen (secondary N) is 1. The third-order valence-corrected chi connectivity index (χ3v) is 2.97. The maximum Gasteiger partial charge on any atom is 0.244 e. The summed E-state index contributed by atoms with van der Waals surface area (Å²) >= 11 is 2.14. The molecule has 0 radical (unpaired) electrons. The van der Waals surface area contributed by atoms with Gasteiger partial charge in [-0.15, -0.1) is 0 Å². The Morgan fingerprint density at radius 3 is 2.41 bits per heavy atom. The summed E-state index contributed by atoms with van der Waals surface area (Å²) < 4.78 is 0.968. The maximum absolute atomic E-state index is 12.0. The van der Waals surface area contributed by atoms with Crippen molar-refractivity contribution >= 4 is 34.4 Å². The minimum absolute atomic E-state index is 0.0668. The number of carbonyl (C=O) groups excluding carboxylic acids is 1. The van der Waals surface area contributed by atoms with Gasteiger partial charge in [0.25, 0.3) is 0 Å². The predicted molar refractivity (Wildman–Crippen MR) is 75.8 cm³/mol.